The first-order valence-electron chi connectivity index (χ1n) is 9.70. The fraction of sp³-hybridized carbons (Fsp3) is 0.238. The molecule has 33 heavy (non-hydrogen) atoms. The maximum atomic E-state index is 12.9. The van der Waals surface area contributed by atoms with E-state index in [1.165, 1.54) is 19.2 Å². The van der Waals surface area contributed by atoms with Gasteiger partial charge in [-0.1, -0.05) is 15.9 Å². The van der Waals surface area contributed by atoms with Gasteiger partial charge in [-0.2, -0.15) is 9.78 Å². The predicted octanol–water partition coefficient (Wildman–Crippen LogP) is 3.51. The molecule has 1 aromatic heterocycles. The zero-order chi connectivity index (χ0) is 24.3. The molecule has 1 atom stereocenters. The van der Waals surface area contributed by atoms with Crippen LogP contribution >= 0.6 is 15.9 Å². The van der Waals surface area contributed by atoms with Crippen molar-refractivity contribution < 1.29 is 24.3 Å². The highest BCUT2D eigenvalue weighted by Crippen LogP contribution is 2.39. The average molecular weight is 519 g/mol. The molecule has 172 valence electrons. The molecule has 3 rings (SSSR count). The summed E-state index contributed by atoms with van der Waals surface area (Å²) >= 11 is 3.32. The SMILES string of the molecule is CCOc1cc(C=Nn2c(C)nc3ccc(Br)cc3c2=O)cc([N+](=O)[O-])c1O[C@@H](C)C(=O)O. The lowest BCUT2D eigenvalue weighted by atomic mass is 10.1. The molecule has 11 nitrogen and oxygen atoms in total. The summed E-state index contributed by atoms with van der Waals surface area (Å²) in [7, 11) is 0. The lowest BCUT2D eigenvalue weighted by molar-refractivity contribution is -0.386. The quantitative estimate of drug-likeness (QED) is 0.270. The van der Waals surface area contributed by atoms with Crippen LogP contribution < -0.4 is 15.0 Å². The van der Waals surface area contributed by atoms with Crippen LogP contribution in [0, 0.1) is 17.0 Å². The summed E-state index contributed by atoms with van der Waals surface area (Å²) in [6, 6.07) is 7.67. The largest absolute Gasteiger partial charge is 0.490 e. The summed E-state index contributed by atoms with van der Waals surface area (Å²) in [5.74, 6) is -1.30. The number of rotatable bonds is 8. The molecular formula is C21H19BrN4O7. The summed E-state index contributed by atoms with van der Waals surface area (Å²) in [6.07, 6.45) is -0.0912. The van der Waals surface area contributed by atoms with Gasteiger partial charge in [-0.25, -0.2) is 9.78 Å². The first kappa shape index (κ1) is 23.9. The number of nitro benzene ring substituents is 1. The topological polar surface area (TPSA) is 146 Å². The summed E-state index contributed by atoms with van der Waals surface area (Å²) in [4.78, 5) is 39.4. The number of nitrogens with zero attached hydrogens (tertiary/aromatic N) is 4. The van der Waals surface area contributed by atoms with Crippen molar-refractivity contribution in [3.63, 3.8) is 0 Å². The number of fused-ring (bicyclic) bond motifs is 1. The highest BCUT2D eigenvalue weighted by atomic mass is 79.9. The summed E-state index contributed by atoms with van der Waals surface area (Å²) in [5.41, 5.74) is -0.165. The number of hydrogen-bond acceptors (Lipinski definition) is 8. The molecule has 0 amide bonds. The molecule has 0 bridgehead atoms. The van der Waals surface area contributed by atoms with Gasteiger partial charge in [0.1, 0.15) is 5.82 Å². The van der Waals surface area contributed by atoms with Gasteiger partial charge in [0.2, 0.25) is 5.75 Å². The third kappa shape index (κ3) is 5.17. The molecule has 0 spiro atoms. The Morgan fingerprint density at radius 3 is 2.76 bits per heavy atom. The normalized spacial score (nSPS) is 12.1. The molecule has 0 aliphatic rings. The number of benzene rings is 2. The Labute approximate surface area is 195 Å². The standard InChI is InChI=1S/C21H19BrN4O7/c1-4-32-18-8-13(7-17(26(30)31)19(18)33-11(2)21(28)29)10-23-25-12(3)24-16-6-5-14(22)9-15(16)20(25)27/h5-11H,4H2,1-3H3,(H,28,29)/t11-/m0/s1. The van der Waals surface area contributed by atoms with Gasteiger partial charge in [0.15, 0.2) is 11.9 Å². The number of aromatic nitrogens is 2. The number of carboxylic acid groups (broad SMARTS) is 1. The second kappa shape index (κ2) is 9.77. The Hall–Kier alpha value is -3.80. The van der Waals surface area contributed by atoms with Gasteiger partial charge in [-0.15, -0.1) is 0 Å². The van der Waals surface area contributed by atoms with E-state index in [-0.39, 0.29) is 23.7 Å². The van der Waals surface area contributed by atoms with Crippen molar-refractivity contribution in [2.24, 2.45) is 5.10 Å². The zero-order valence-corrected chi connectivity index (χ0v) is 19.4. The number of aryl methyl sites for hydroxylation is 1. The average Bonchev–Trinajstić information content (AvgIpc) is 2.75. The molecule has 0 saturated carbocycles. The summed E-state index contributed by atoms with van der Waals surface area (Å²) in [5, 5.41) is 25.3. The lowest BCUT2D eigenvalue weighted by Gasteiger charge is -2.15. The third-order valence-electron chi connectivity index (χ3n) is 4.49. The molecule has 0 radical (unpaired) electrons. The molecule has 0 fully saturated rings. The first-order chi connectivity index (χ1) is 15.6. The Balaban J connectivity index is 2.11. The fourth-order valence-electron chi connectivity index (χ4n) is 2.95. The number of aliphatic carboxylic acids is 1. The smallest absolute Gasteiger partial charge is 0.344 e. The van der Waals surface area contributed by atoms with E-state index in [1.807, 2.05) is 0 Å². The predicted molar refractivity (Wildman–Crippen MR) is 123 cm³/mol. The van der Waals surface area contributed by atoms with E-state index in [9.17, 15) is 19.7 Å². The lowest BCUT2D eigenvalue weighted by Crippen LogP contribution is -2.23. The van der Waals surface area contributed by atoms with Crippen LogP contribution in [0.25, 0.3) is 10.9 Å². The van der Waals surface area contributed by atoms with Gasteiger partial charge < -0.3 is 14.6 Å². The number of halogens is 1. The number of hydrogen-bond donors (Lipinski definition) is 1. The first-order valence-corrected chi connectivity index (χ1v) is 10.5. The second-order valence-electron chi connectivity index (χ2n) is 6.84. The molecule has 0 saturated heterocycles. The van der Waals surface area contributed by atoms with Crippen molar-refractivity contribution in [1.29, 1.82) is 0 Å². The van der Waals surface area contributed by atoms with E-state index in [0.717, 1.165) is 10.7 Å². The number of nitro groups is 1. The minimum atomic E-state index is -1.34. The van der Waals surface area contributed by atoms with E-state index in [2.05, 4.69) is 26.0 Å². The Morgan fingerprint density at radius 1 is 1.39 bits per heavy atom. The molecule has 0 unspecified atom stereocenters. The number of ether oxygens (including phenoxy) is 2. The van der Waals surface area contributed by atoms with Crippen LogP contribution in [0.2, 0.25) is 0 Å². The van der Waals surface area contributed by atoms with Gasteiger partial charge in [0, 0.05) is 16.1 Å². The van der Waals surface area contributed by atoms with Crippen molar-refractivity contribution >= 4 is 44.7 Å². The van der Waals surface area contributed by atoms with Crippen molar-refractivity contribution in [2.45, 2.75) is 26.9 Å². The Bertz CT molecular complexity index is 1340. The number of carboxylic acids is 1. The molecule has 1 heterocycles. The van der Waals surface area contributed by atoms with Gasteiger partial charge in [-0.3, -0.25) is 14.9 Å². The molecule has 1 N–H and O–H groups in total. The Kier molecular flexibility index (Phi) is 7.07. The second-order valence-corrected chi connectivity index (χ2v) is 7.75. The molecule has 3 aromatic rings. The molecule has 2 aromatic carbocycles. The molecular weight excluding hydrogens is 500 g/mol. The van der Waals surface area contributed by atoms with Gasteiger partial charge >= 0.3 is 11.7 Å². The van der Waals surface area contributed by atoms with Crippen molar-refractivity contribution in [1.82, 2.24) is 9.66 Å². The molecule has 12 heteroatoms. The minimum absolute atomic E-state index is 0.0223. The van der Waals surface area contributed by atoms with E-state index in [4.69, 9.17) is 14.6 Å². The van der Waals surface area contributed by atoms with E-state index >= 15 is 0 Å². The summed E-state index contributed by atoms with van der Waals surface area (Å²) < 4.78 is 12.5. The van der Waals surface area contributed by atoms with Gasteiger partial charge in [-0.05, 0) is 45.0 Å². The minimum Gasteiger partial charge on any atom is -0.490 e. The van der Waals surface area contributed by atoms with Gasteiger partial charge in [0.05, 0.1) is 28.6 Å². The zero-order valence-electron chi connectivity index (χ0n) is 17.8. The van der Waals surface area contributed by atoms with Crippen molar-refractivity contribution in [3.05, 3.63) is 66.7 Å². The maximum Gasteiger partial charge on any atom is 0.344 e. The van der Waals surface area contributed by atoms with Crippen LogP contribution in [0.15, 0.2) is 44.7 Å². The Morgan fingerprint density at radius 2 is 2.12 bits per heavy atom. The number of carbonyl (C=O) groups is 1. The maximum absolute atomic E-state index is 12.9. The van der Waals surface area contributed by atoms with Crippen molar-refractivity contribution in [2.75, 3.05) is 6.61 Å². The third-order valence-corrected chi connectivity index (χ3v) is 4.98. The highest BCUT2D eigenvalue weighted by molar-refractivity contribution is 9.10. The van der Waals surface area contributed by atoms with Gasteiger partial charge in [0.25, 0.3) is 5.56 Å². The fourth-order valence-corrected chi connectivity index (χ4v) is 3.31. The molecule has 0 aliphatic carbocycles. The van der Waals surface area contributed by atoms with Crippen LogP contribution in [0.1, 0.15) is 25.2 Å². The van der Waals surface area contributed by atoms with Crippen LogP contribution in [0.5, 0.6) is 11.5 Å². The monoisotopic (exact) mass is 518 g/mol. The van der Waals surface area contributed by atoms with E-state index in [1.54, 1.807) is 32.0 Å². The van der Waals surface area contributed by atoms with Crippen LogP contribution in [-0.2, 0) is 4.79 Å². The van der Waals surface area contributed by atoms with Crippen LogP contribution in [0.4, 0.5) is 5.69 Å². The van der Waals surface area contributed by atoms with E-state index < -0.39 is 28.2 Å². The highest BCUT2D eigenvalue weighted by Gasteiger charge is 2.26. The van der Waals surface area contributed by atoms with Crippen LogP contribution in [-0.4, -0.2) is 44.6 Å². The van der Waals surface area contributed by atoms with E-state index in [0.29, 0.717) is 21.2 Å². The summed E-state index contributed by atoms with van der Waals surface area (Å²) in [6.45, 7) is 4.67. The van der Waals surface area contributed by atoms with Crippen molar-refractivity contribution in [3.8, 4) is 11.5 Å². The molecule has 0 aliphatic heterocycles. The van der Waals surface area contributed by atoms with Crippen LogP contribution in [0.3, 0.4) is 0 Å².